The average molecular weight is 353 g/mol. The maximum Gasteiger partial charge on any atom is 0.337 e. The van der Waals surface area contributed by atoms with Crippen LogP contribution >= 0.6 is 0 Å². The topological polar surface area (TPSA) is 61.9 Å². The zero-order valence-corrected chi connectivity index (χ0v) is 14.9. The zero-order valence-electron chi connectivity index (χ0n) is 14.9. The molecule has 0 bridgehead atoms. The third-order valence-corrected chi connectivity index (χ3v) is 4.43. The summed E-state index contributed by atoms with van der Waals surface area (Å²) in [6, 6.07) is 17.1. The van der Waals surface area contributed by atoms with Crippen LogP contribution in [0.4, 0.5) is 11.4 Å². The third kappa shape index (κ3) is 4.61. The molecule has 136 valence electrons. The summed E-state index contributed by atoms with van der Waals surface area (Å²) < 4.78 is 4.70. The number of esters is 1. The summed E-state index contributed by atoms with van der Waals surface area (Å²) in [6.45, 7) is 3.81. The van der Waals surface area contributed by atoms with Gasteiger partial charge in [-0.1, -0.05) is 24.3 Å². The Morgan fingerprint density at radius 1 is 1.00 bits per heavy atom. The molecule has 1 N–H and O–H groups in total. The van der Waals surface area contributed by atoms with E-state index in [0.29, 0.717) is 17.8 Å². The molecular formula is C20H23N3O3. The van der Waals surface area contributed by atoms with Crippen molar-refractivity contribution in [3.05, 3.63) is 60.2 Å². The number of carbonyl (C=O) groups is 2. The van der Waals surface area contributed by atoms with Gasteiger partial charge in [0.1, 0.15) is 0 Å². The highest BCUT2D eigenvalue weighted by atomic mass is 16.5. The largest absolute Gasteiger partial charge is 0.465 e. The molecule has 1 aliphatic heterocycles. The number of para-hydroxylation sites is 1. The number of methoxy groups -OCH3 is 1. The van der Waals surface area contributed by atoms with Gasteiger partial charge in [-0.3, -0.25) is 9.69 Å². The molecule has 0 atom stereocenters. The lowest BCUT2D eigenvalue weighted by Gasteiger charge is -2.35. The third-order valence-electron chi connectivity index (χ3n) is 4.43. The number of benzene rings is 2. The van der Waals surface area contributed by atoms with Crippen molar-refractivity contribution in [1.29, 1.82) is 0 Å². The van der Waals surface area contributed by atoms with E-state index in [-0.39, 0.29) is 5.91 Å². The fourth-order valence-corrected chi connectivity index (χ4v) is 3.05. The molecule has 1 heterocycles. The number of piperazine rings is 1. The van der Waals surface area contributed by atoms with Crippen LogP contribution in [-0.4, -0.2) is 56.6 Å². The molecule has 1 amide bonds. The predicted octanol–water partition coefficient (Wildman–Crippen LogP) is 2.23. The molecule has 0 aromatic heterocycles. The van der Waals surface area contributed by atoms with Gasteiger partial charge >= 0.3 is 5.97 Å². The van der Waals surface area contributed by atoms with Gasteiger partial charge in [0, 0.05) is 37.6 Å². The summed E-state index contributed by atoms with van der Waals surface area (Å²) in [5, 5.41) is 2.85. The first kappa shape index (κ1) is 17.9. The summed E-state index contributed by atoms with van der Waals surface area (Å²) in [6.07, 6.45) is 0. The van der Waals surface area contributed by atoms with E-state index in [1.807, 2.05) is 18.2 Å². The number of amides is 1. The van der Waals surface area contributed by atoms with Gasteiger partial charge in [0.15, 0.2) is 0 Å². The van der Waals surface area contributed by atoms with E-state index >= 15 is 0 Å². The smallest absolute Gasteiger partial charge is 0.337 e. The number of carbonyl (C=O) groups excluding carboxylic acids is 2. The molecule has 2 aromatic carbocycles. The molecule has 26 heavy (non-hydrogen) atoms. The minimum Gasteiger partial charge on any atom is -0.465 e. The summed E-state index contributed by atoms with van der Waals surface area (Å²) in [5.41, 5.74) is 2.24. The highest BCUT2D eigenvalue weighted by Crippen LogP contribution is 2.16. The highest BCUT2D eigenvalue weighted by molar-refractivity contribution is 5.95. The molecule has 1 aliphatic rings. The van der Waals surface area contributed by atoms with Gasteiger partial charge in [-0.05, 0) is 30.3 Å². The first-order valence-corrected chi connectivity index (χ1v) is 8.66. The Hall–Kier alpha value is -2.86. The number of nitrogens with zero attached hydrogens (tertiary/aromatic N) is 2. The molecule has 0 unspecified atom stereocenters. The van der Waals surface area contributed by atoms with Gasteiger partial charge in [0.2, 0.25) is 5.91 Å². The van der Waals surface area contributed by atoms with Crippen molar-refractivity contribution in [3.63, 3.8) is 0 Å². The maximum absolute atomic E-state index is 12.3. The lowest BCUT2D eigenvalue weighted by molar-refractivity contribution is -0.117. The van der Waals surface area contributed by atoms with Gasteiger partial charge in [0.25, 0.3) is 0 Å². The monoisotopic (exact) mass is 353 g/mol. The number of hydrogen-bond donors (Lipinski definition) is 1. The number of hydrogen-bond acceptors (Lipinski definition) is 5. The predicted molar refractivity (Wildman–Crippen MR) is 102 cm³/mol. The van der Waals surface area contributed by atoms with Crippen LogP contribution < -0.4 is 10.2 Å². The van der Waals surface area contributed by atoms with Crippen LogP contribution in [0.5, 0.6) is 0 Å². The minimum atomic E-state index is -0.418. The van der Waals surface area contributed by atoms with Crippen molar-refractivity contribution >= 4 is 23.3 Å². The van der Waals surface area contributed by atoms with Gasteiger partial charge in [-0.25, -0.2) is 4.79 Å². The Kier molecular flexibility index (Phi) is 5.86. The second-order valence-corrected chi connectivity index (χ2v) is 6.22. The lowest BCUT2D eigenvalue weighted by Crippen LogP contribution is -2.48. The molecule has 1 fully saturated rings. The SMILES string of the molecule is COC(=O)c1cccc(NC(=O)CN2CCN(c3ccccc3)CC2)c1. The van der Waals surface area contributed by atoms with Gasteiger partial charge in [-0.15, -0.1) is 0 Å². The minimum absolute atomic E-state index is 0.0832. The van der Waals surface area contributed by atoms with Crippen molar-refractivity contribution in [1.82, 2.24) is 4.90 Å². The standard InChI is InChI=1S/C20H23N3O3/c1-26-20(25)16-6-5-7-17(14-16)21-19(24)15-22-10-12-23(13-11-22)18-8-3-2-4-9-18/h2-9,14H,10-13,15H2,1H3,(H,21,24). The maximum atomic E-state index is 12.3. The number of ether oxygens (including phenoxy) is 1. The van der Waals surface area contributed by atoms with Crippen molar-refractivity contribution < 1.29 is 14.3 Å². The molecule has 0 saturated carbocycles. The van der Waals surface area contributed by atoms with Crippen LogP contribution in [0.15, 0.2) is 54.6 Å². The first-order valence-electron chi connectivity index (χ1n) is 8.66. The zero-order chi connectivity index (χ0) is 18.4. The van der Waals surface area contributed by atoms with Gasteiger partial charge in [-0.2, -0.15) is 0 Å². The average Bonchev–Trinajstić information content (AvgIpc) is 2.68. The van der Waals surface area contributed by atoms with Crippen LogP contribution in [0.25, 0.3) is 0 Å². The van der Waals surface area contributed by atoms with Gasteiger partial charge in [0.05, 0.1) is 19.2 Å². The molecule has 0 radical (unpaired) electrons. The van der Waals surface area contributed by atoms with Crippen LogP contribution in [0.3, 0.4) is 0 Å². The fraction of sp³-hybridized carbons (Fsp3) is 0.300. The van der Waals surface area contributed by atoms with E-state index in [1.165, 1.54) is 12.8 Å². The molecule has 3 rings (SSSR count). The number of nitrogens with one attached hydrogen (secondary N) is 1. The van der Waals surface area contributed by atoms with Crippen molar-refractivity contribution in [3.8, 4) is 0 Å². The Bertz CT molecular complexity index is 756. The number of anilines is 2. The van der Waals surface area contributed by atoms with Crippen molar-refractivity contribution in [2.24, 2.45) is 0 Å². The van der Waals surface area contributed by atoms with E-state index in [4.69, 9.17) is 4.74 Å². The summed E-state index contributed by atoms with van der Waals surface area (Å²) in [5.74, 6) is -0.502. The molecule has 6 heteroatoms. The quantitative estimate of drug-likeness (QED) is 0.836. The molecule has 2 aromatic rings. The van der Waals surface area contributed by atoms with Crippen LogP contribution in [0.1, 0.15) is 10.4 Å². The van der Waals surface area contributed by atoms with Gasteiger partial charge < -0.3 is 15.0 Å². The summed E-state index contributed by atoms with van der Waals surface area (Å²) in [4.78, 5) is 28.3. The first-order chi connectivity index (χ1) is 12.7. The second kappa shape index (κ2) is 8.49. The molecule has 6 nitrogen and oxygen atoms in total. The lowest BCUT2D eigenvalue weighted by atomic mass is 10.2. The van der Waals surface area contributed by atoms with E-state index < -0.39 is 5.97 Å². The van der Waals surface area contributed by atoms with E-state index in [9.17, 15) is 9.59 Å². The molecule has 1 saturated heterocycles. The molecule has 0 aliphatic carbocycles. The van der Waals surface area contributed by atoms with E-state index in [0.717, 1.165) is 26.2 Å². The van der Waals surface area contributed by atoms with Crippen LogP contribution in [0, 0.1) is 0 Å². The Morgan fingerprint density at radius 2 is 1.73 bits per heavy atom. The molecule has 0 spiro atoms. The van der Waals surface area contributed by atoms with Crippen molar-refractivity contribution in [2.75, 3.05) is 50.1 Å². The normalized spacial score (nSPS) is 14.7. The van der Waals surface area contributed by atoms with Crippen molar-refractivity contribution in [2.45, 2.75) is 0 Å². The number of rotatable bonds is 5. The Labute approximate surface area is 153 Å². The van der Waals surface area contributed by atoms with E-state index in [1.54, 1.807) is 24.3 Å². The summed E-state index contributed by atoms with van der Waals surface area (Å²) >= 11 is 0. The highest BCUT2D eigenvalue weighted by Gasteiger charge is 2.19. The summed E-state index contributed by atoms with van der Waals surface area (Å²) in [7, 11) is 1.34. The molecular weight excluding hydrogens is 330 g/mol. The fourth-order valence-electron chi connectivity index (χ4n) is 3.05. The van der Waals surface area contributed by atoms with E-state index in [2.05, 4.69) is 27.2 Å². The Balaban J connectivity index is 1.50. The van der Waals surface area contributed by atoms with Crippen LogP contribution in [0.2, 0.25) is 0 Å². The van der Waals surface area contributed by atoms with Crippen LogP contribution in [-0.2, 0) is 9.53 Å². The Morgan fingerprint density at radius 3 is 2.42 bits per heavy atom. The second-order valence-electron chi connectivity index (χ2n) is 6.22.